The lowest BCUT2D eigenvalue weighted by Crippen LogP contribution is -2.02. The molecule has 0 bridgehead atoms. The molecule has 3 rings (SSSR count). The van der Waals surface area contributed by atoms with E-state index in [0.29, 0.717) is 31.1 Å². The maximum atomic E-state index is 5.74. The lowest BCUT2D eigenvalue weighted by Gasteiger charge is -2.03. The quantitative estimate of drug-likeness (QED) is 0.774. The fraction of sp³-hybridized carbons (Fsp3) is 0.188. The van der Waals surface area contributed by atoms with Gasteiger partial charge in [0.2, 0.25) is 5.89 Å². The van der Waals surface area contributed by atoms with Crippen molar-refractivity contribution in [1.82, 2.24) is 15.1 Å². The van der Waals surface area contributed by atoms with Gasteiger partial charge in [-0.3, -0.25) is 4.98 Å². The molecule has 3 aromatic rings. The predicted octanol–water partition coefficient (Wildman–Crippen LogP) is 2.10. The number of nitrogens with two attached hydrogens (primary N) is 1. The normalized spacial score (nSPS) is 10.7. The molecule has 106 valence electrons. The van der Waals surface area contributed by atoms with Crippen molar-refractivity contribution in [2.45, 2.75) is 19.4 Å². The topological polar surface area (TPSA) is 77.8 Å². The zero-order valence-corrected chi connectivity index (χ0v) is 11.6. The molecule has 2 heterocycles. The Hall–Kier alpha value is -2.53. The molecule has 0 atom stereocenters. The monoisotopic (exact) mass is 280 g/mol. The molecule has 5 nitrogen and oxygen atoms in total. The van der Waals surface area contributed by atoms with Gasteiger partial charge in [-0.15, -0.1) is 0 Å². The smallest absolute Gasteiger partial charge is 0.231 e. The Labute approximate surface area is 122 Å². The van der Waals surface area contributed by atoms with Crippen LogP contribution in [-0.4, -0.2) is 15.1 Å². The summed E-state index contributed by atoms with van der Waals surface area (Å²) in [7, 11) is 0. The fourth-order valence-electron chi connectivity index (χ4n) is 2.21. The van der Waals surface area contributed by atoms with Crippen LogP contribution in [-0.2, 0) is 19.4 Å². The Kier molecular flexibility index (Phi) is 4.02. The second-order valence-corrected chi connectivity index (χ2v) is 4.79. The molecule has 21 heavy (non-hydrogen) atoms. The molecule has 0 aliphatic carbocycles. The van der Waals surface area contributed by atoms with Gasteiger partial charge in [0.25, 0.3) is 0 Å². The first-order valence-electron chi connectivity index (χ1n) is 6.82. The van der Waals surface area contributed by atoms with Gasteiger partial charge in [-0.05, 0) is 22.8 Å². The minimum absolute atomic E-state index is 0.507. The Balaban J connectivity index is 1.73. The van der Waals surface area contributed by atoms with Crippen LogP contribution in [0.3, 0.4) is 0 Å². The van der Waals surface area contributed by atoms with Crippen molar-refractivity contribution in [3.8, 4) is 0 Å². The Morgan fingerprint density at radius 1 is 1.00 bits per heavy atom. The Morgan fingerprint density at radius 2 is 1.86 bits per heavy atom. The molecule has 2 N–H and O–H groups in total. The zero-order valence-electron chi connectivity index (χ0n) is 11.6. The summed E-state index contributed by atoms with van der Waals surface area (Å²) in [5, 5.41) is 4.02. The van der Waals surface area contributed by atoms with Gasteiger partial charge in [0.15, 0.2) is 5.82 Å². The minimum Gasteiger partial charge on any atom is -0.339 e. The Morgan fingerprint density at radius 3 is 2.62 bits per heavy atom. The average molecular weight is 280 g/mol. The number of hydrogen-bond acceptors (Lipinski definition) is 5. The van der Waals surface area contributed by atoms with Crippen LogP contribution in [0.2, 0.25) is 0 Å². The highest BCUT2D eigenvalue weighted by molar-refractivity contribution is 5.29. The molecule has 0 radical (unpaired) electrons. The van der Waals surface area contributed by atoms with Crippen LogP contribution < -0.4 is 5.73 Å². The van der Waals surface area contributed by atoms with E-state index in [1.54, 1.807) is 12.4 Å². The van der Waals surface area contributed by atoms with E-state index in [1.807, 2.05) is 36.4 Å². The van der Waals surface area contributed by atoms with E-state index in [9.17, 15) is 0 Å². The van der Waals surface area contributed by atoms with Crippen molar-refractivity contribution in [2.24, 2.45) is 5.73 Å². The number of pyridine rings is 1. The van der Waals surface area contributed by atoms with Crippen LogP contribution in [0.5, 0.6) is 0 Å². The second kappa shape index (κ2) is 6.28. The van der Waals surface area contributed by atoms with E-state index < -0.39 is 0 Å². The van der Waals surface area contributed by atoms with Crippen LogP contribution in [0.15, 0.2) is 53.3 Å². The lowest BCUT2D eigenvalue weighted by molar-refractivity contribution is 0.380. The van der Waals surface area contributed by atoms with Gasteiger partial charge in [-0.25, -0.2) is 0 Å². The van der Waals surface area contributed by atoms with Crippen LogP contribution in [0.25, 0.3) is 0 Å². The van der Waals surface area contributed by atoms with E-state index in [1.165, 1.54) is 0 Å². The average Bonchev–Trinajstić information content (AvgIpc) is 2.96. The summed E-state index contributed by atoms with van der Waals surface area (Å²) >= 11 is 0. The number of nitrogens with zero attached hydrogens (tertiary/aromatic N) is 3. The SMILES string of the molecule is NCc1ccccc1Cc1nc(Cc2cccnc2)no1. The molecule has 2 aromatic heterocycles. The van der Waals surface area contributed by atoms with E-state index in [0.717, 1.165) is 16.7 Å². The molecule has 0 unspecified atom stereocenters. The van der Waals surface area contributed by atoms with Crippen molar-refractivity contribution < 1.29 is 4.52 Å². The zero-order chi connectivity index (χ0) is 14.5. The molecule has 0 spiro atoms. The van der Waals surface area contributed by atoms with Gasteiger partial charge in [0.1, 0.15) is 0 Å². The van der Waals surface area contributed by atoms with Crippen molar-refractivity contribution in [1.29, 1.82) is 0 Å². The molecule has 5 heteroatoms. The summed E-state index contributed by atoms with van der Waals surface area (Å²) < 4.78 is 5.32. The van der Waals surface area contributed by atoms with E-state index in [2.05, 4.69) is 15.1 Å². The van der Waals surface area contributed by atoms with Gasteiger partial charge in [-0.2, -0.15) is 4.98 Å². The Bertz CT molecular complexity index is 709. The molecule has 0 saturated heterocycles. The van der Waals surface area contributed by atoms with Crippen LogP contribution >= 0.6 is 0 Å². The summed E-state index contributed by atoms with van der Waals surface area (Å²) in [4.78, 5) is 8.51. The molecule has 0 aliphatic heterocycles. The van der Waals surface area contributed by atoms with Gasteiger partial charge >= 0.3 is 0 Å². The van der Waals surface area contributed by atoms with E-state index in [4.69, 9.17) is 10.3 Å². The van der Waals surface area contributed by atoms with Crippen molar-refractivity contribution in [3.63, 3.8) is 0 Å². The van der Waals surface area contributed by atoms with Gasteiger partial charge < -0.3 is 10.3 Å². The van der Waals surface area contributed by atoms with Crippen molar-refractivity contribution in [2.75, 3.05) is 0 Å². The molecule has 0 fully saturated rings. The maximum absolute atomic E-state index is 5.74. The van der Waals surface area contributed by atoms with E-state index >= 15 is 0 Å². The standard InChI is InChI=1S/C16H16N4O/c17-10-14-6-2-1-5-13(14)9-16-19-15(20-21-16)8-12-4-3-7-18-11-12/h1-7,11H,8-10,17H2. The molecule has 0 saturated carbocycles. The molecule has 0 amide bonds. The van der Waals surface area contributed by atoms with Crippen molar-refractivity contribution >= 4 is 0 Å². The third kappa shape index (κ3) is 3.32. The number of benzene rings is 1. The summed E-state index contributed by atoms with van der Waals surface area (Å²) in [6.07, 6.45) is 4.78. The number of hydrogen-bond donors (Lipinski definition) is 1. The lowest BCUT2D eigenvalue weighted by atomic mass is 10.0. The molecular formula is C16H16N4O. The largest absolute Gasteiger partial charge is 0.339 e. The summed E-state index contributed by atoms with van der Waals surface area (Å²) in [6, 6.07) is 11.9. The highest BCUT2D eigenvalue weighted by Gasteiger charge is 2.10. The van der Waals surface area contributed by atoms with Crippen molar-refractivity contribution in [3.05, 3.63) is 77.2 Å². The van der Waals surface area contributed by atoms with Crippen LogP contribution in [0, 0.1) is 0 Å². The predicted molar refractivity (Wildman–Crippen MR) is 78.5 cm³/mol. The first-order valence-corrected chi connectivity index (χ1v) is 6.82. The molecular weight excluding hydrogens is 264 g/mol. The first-order chi connectivity index (χ1) is 10.3. The number of rotatable bonds is 5. The van der Waals surface area contributed by atoms with Gasteiger partial charge in [-0.1, -0.05) is 35.5 Å². The molecule has 0 aliphatic rings. The van der Waals surface area contributed by atoms with Gasteiger partial charge in [0, 0.05) is 25.4 Å². The van der Waals surface area contributed by atoms with Crippen LogP contribution in [0.4, 0.5) is 0 Å². The summed E-state index contributed by atoms with van der Waals surface area (Å²) in [5.41, 5.74) is 9.02. The van der Waals surface area contributed by atoms with E-state index in [-0.39, 0.29) is 0 Å². The minimum atomic E-state index is 0.507. The molecule has 1 aromatic carbocycles. The highest BCUT2D eigenvalue weighted by atomic mass is 16.5. The maximum Gasteiger partial charge on any atom is 0.231 e. The van der Waals surface area contributed by atoms with Crippen LogP contribution in [0.1, 0.15) is 28.4 Å². The first kappa shape index (κ1) is 13.5. The third-order valence-electron chi connectivity index (χ3n) is 3.28. The fourth-order valence-corrected chi connectivity index (χ4v) is 2.21. The van der Waals surface area contributed by atoms with Gasteiger partial charge in [0.05, 0.1) is 6.42 Å². The second-order valence-electron chi connectivity index (χ2n) is 4.79. The third-order valence-corrected chi connectivity index (χ3v) is 3.28. The highest BCUT2D eigenvalue weighted by Crippen LogP contribution is 2.14. The summed E-state index contributed by atoms with van der Waals surface area (Å²) in [6.45, 7) is 0.507. The number of aromatic nitrogens is 3. The summed E-state index contributed by atoms with van der Waals surface area (Å²) in [5.74, 6) is 1.28.